The molecule has 2 atom stereocenters. The van der Waals surface area contributed by atoms with Gasteiger partial charge in [0, 0.05) is 6.42 Å². The van der Waals surface area contributed by atoms with Gasteiger partial charge in [-0.1, -0.05) is 33.1 Å². The van der Waals surface area contributed by atoms with Crippen LogP contribution in [0.1, 0.15) is 52.4 Å². The molecule has 0 bridgehead atoms. The van der Waals surface area contributed by atoms with Gasteiger partial charge in [-0.05, 0) is 6.42 Å². The van der Waals surface area contributed by atoms with Crippen molar-refractivity contribution in [1.82, 2.24) is 0 Å². The summed E-state index contributed by atoms with van der Waals surface area (Å²) in [7, 11) is -4.86. The molecule has 0 radical (unpaired) electrons. The van der Waals surface area contributed by atoms with E-state index in [4.69, 9.17) is 19.1 Å². The summed E-state index contributed by atoms with van der Waals surface area (Å²) in [5.74, 6) is -2.86. The van der Waals surface area contributed by atoms with Crippen molar-refractivity contribution in [3.63, 3.8) is 0 Å². The molecule has 2 unspecified atom stereocenters. The van der Waals surface area contributed by atoms with E-state index >= 15 is 0 Å². The third-order valence-corrected chi connectivity index (χ3v) is 3.94. The molecule has 132 valence electrons. The topological polar surface area (TPSA) is 127 Å². The van der Waals surface area contributed by atoms with Crippen LogP contribution in [-0.2, 0) is 29.2 Å². The van der Waals surface area contributed by atoms with Gasteiger partial charge in [0.2, 0.25) is 6.29 Å². The Labute approximate surface area is 179 Å². The quantitative estimate of drug-likeness (QED) is 0.168. The van der Waals surface area contributed by atoms with Gasteiger partial charge in [-0.15, -0.1) is 0 Å². The number of aliphatic carboxylic acids is 1. The van der Waals surface area contributed by atoms with Crippen molar-refractivity contribution in [2.45, 2.75) is 63.9 Å². The fourth-order valence-electron chi connectivity index (χ4n) is 1.65. The number of carboxylic acid groups (broad SMARTS) is 1. The molecule has 8 nitrogen and oxygen atoms in total. The number of carbonyl (C=O) groups excluding carboxylic acids is 1. The zero-order valence-corrected chi connectivity index (χ0v) is 13.7. The third kappa shape index (κ3) is 12.5. The van der Waals surface area contributed by atoms with Gasteiger partial charge in [0.05, 0.1) is 13.0 Å². The molecule has 0 amide bonds. The van der Waals surface area contributed by atoms with Crippen LogP contribution in [-0.4, -0.2) is 99.5 Å². The van der Waals surface area contributed by atoms with Gasteiger partial charge in [0.25, 0.3) is 10.1 Å². The van der Waals surface area contributed by atoms with Gasteiger partial charge >= 0.3 is 63.3 Å². The Balaban J connectivity index is 0. The molecule has 2 N–H and O–H groups in total. The first-order valence-electron chi connectivity index (χ1n) is 7.22. The van der Waals surface area contributed by atoms with E-state index in [1.54, 1.807) is 6.92 Å². The van der Waals surface area contributed by atoms with E-state index < -0.39 is 40.0 Å². The molecule has 0 rings (SSSR count). The van der Waals surface area contributed by atoms with Crippen LogP contribution < -0.4 is 0 Å². The second kappa shape index (κ2) is 13.7. The average Bonchev–Trinajstić information content (AvgIpc) is 2.41. The normalized spacial score (nSPS) is 13.7. The van der Waals surface area contributed by atoms with Crippen LogP contribution >= 0.6 is 0 Å². The molecule has 0 aliphatic carbocycles. The summed E-state index contributed by atoms with van der Waals surface area (Å²) < 4.78 is 41.2. The van der Waals surface area contributed by atoms with E-state index in [1.807, 2.05) is 0 Å². The molecule has 0 saturated carbocycles. The number of esters is 1. The molecule has 0 aliphatic heterocycles. The predicted octanol–water partition coefficient (Wildman–Crippen LogP) is 0.945. The maximum atomic E-state index is 11.7. The third-order valence-electron chi connectivity index (χ3n) is 2.87. The second-order valence-corrected chi connectivity index (χ2v) is 6.41. The van der Waals surface area contributed by atoms with Crippen molar-refractivity contribution < 1.29 is 37.1 Å². The number of unbranched alkanes of at least 4 members (excludes halogenated alkanes) is 3. The van der Waals surface area contributed by atoms with Gasteiger partial charge in [-0.2, -0.15) is 8.42 Å². The van der Waals surface area contributed by atoms with E-state index in [0.29, 0.717) is 6.61 Å². The molecule has 0 aromatic heterocycles. The fraction of sp³-hybridized carbons (Fsp3) is 0.846. The molecule has 0 aromatic rings. The maximum absolute atomic E-state index is 11.7. The minimum absolute atomic E-state index is 0. The summed E-state index contributed by atoms with van der Waals surface area (Å²) in [6, 6.07) is 0. The summed E-state index contributed by atoms with van der Waals surface area (Å²) in [6.45, 7) is 4.08. The van der Waals surface area contributed by atoms with E-state index in [9.17, 15) is 18.0 Å². The Morgan fingerprint density at radius 2 is 1.74 bits per heavy atom. The van der Waals surface area contributed by atoms with Crippen LogP contribution in [0.4, 0.5) is 0 Å². The standard InChI is InChI=1S/C13H24O8S.K.H/c1-3-5-6-7-8-20-12(4-2)21-13(16)10(9-11(14)15)22(17,18)19;;/h10,12H,3-9H2,1-2H3,(H,14,15)(H,17,18,19);;. The summed E-state index contributed by atoms with van der Waals surface area (Å²) in [6.07, 6.45) is 2.12. The Bertz CT molecular complexity index is 451. The van der Waals surface area contributed by atoms with Crippen LogP contribution in [0.2, 0.25) is 0 Å². The number of hydrogen-bond acceptors (Lipinski definition) is 6. The van der Waals surface area contributed by atoms with Crippen LogP contribution in [0.25, 0.3) is 0 Å². The van der Waals surface area contributed by atoms with Crippen LogP contribution in [0.5, 0.6) is 0 Å². The Morgan fingerprint density at radius 1 is 1.13 bits per heavy atom. The minimum atomic E-state index is -4.86. The average molecular weight is 380 g/mol. The van der Waals surface area contributed by atoms with Crippen molar-refractivity contribution >= 4 is 73.4 Å². The van der Waals surface area contributed by atoms with Crippen molar-refractivity contribution in [3.05, 3.63) is 0 Å². The molecular formula is C13H25KO8S. The first kappa shape index (κ1) is 25.7. The van der Waals surface area contributed by atoms with Gasteiger partial charge in [0.1, 0.15) is 0 Å². The molecular weight excluding hydrogens is 355 g/mol. The molecule has 0 heterocycles. The van der Waals surface area contributed by atoms with E-state index in [2.05, 4.69) is 6.92 Å². The van der Waals surface area contributed by atoms with Crippen molar-refractivity contribution in [1.29, 1.82) is 0 Å². The van der Waals surface area contributed by atoms with Gasteiger partial charge in [-0.25, -0.2) is 0 Å². The SMILES string of the molecule is CCCCCCOC(CC)OC(=O)C(CC(=O)O)S(=O)(=O)O.[KH]. The molecule has 0 saturated heterocycles. The van der Waals surface area contributed by atoms with Crippen LogP contribution in [0.15, 0.2) is 0 Å². The van der Waals surface area contributed by atoms with E-state index in [0.717, 1.165) is 25.7 Å². The first-order valence-corrected chi connectivity index (χ1v) is 8.72. The monoisotopic (exact) mass is 380 g/mol. The van der Waals surface area contributed by atoms with Crippen molar-refractivity contribution in [2.75, 3.05) is 6.61 Å². The molecule has 0 aromatic carbocycles. The van der Waals surface area contributed by atoms with Crippen LogP contribution in [0, 0.1) is 0 Å². The van der Waals surface area contributed by atoms with E-state index in [-0.39, 0.29) is 57.8 Å². The molecule has 23 heavy (non-hydrogen) atoms. The number of ether oxygens (including phenoxy) is 2. The predicted molar refractivity (Wildman–Crippen MR) is 85.0 cm³/mol. The Kier molecular flexibility index (Phi) is 15.3. The number of carbonyl (C=O) groups is 2. The summed E-state index contributed by atoms with van der Waals surface area (Å²) >= 11 is 0. The summed E-state index contributed by atoms with van der Waals surface area (Å²) in [5.41, 5.74) is 0. The Hall–Kier alpha value is 0.446. The number of carboxylic acids is 1. The molecule has 10 heteroatoms. The van der Waals surface area contributed by atoms with Gasteiger partial charge in [-0.3, -0.25) is 14.1 Å². The number of rotatable bonds is 12. The molecule has 0 aliphatic rings. The second-order valence-electron chi connectivity index (χ2n) is 4.81. The summed E-state index contributed by atoms with van der Waals surface area (Å²) in [5, 5.41) is 6.45. The zero-order chi connectivity index (χ0) is 17.2. The van der Waals surface area contributed by atoms with Gasteiger partial charge < -0.3 is 14.6 Å². The van der Waals surface area contributed by atoms with E-state index in [1.165, 1.54) is 0 Å². The summed E-state index contributed by atoms with van der Waals surface area (Å²) in [4.78, 5) is 22.3. The van der Waals surface area contributed by atoms with Crippen LogP contribution in [0.3, 0.4) is 0 Å². The first-order chi connectivity index (χ1) is 10.2. The molecule has 0 spiro atoms. The molecule has 0 fully saturated rings. The van der Waals surface area contributed by atoms with Gasteiger partial charge in [0.15, 0.2) is 5.25 Å². The van der Waals surface area contributed by atoms with Crippen molar-refractivity contribution in [2.24, 2.45) is 0 Å². The Morgan fingerprint density at radius 3 is 2.17 bits per heavy atom. The fourth-order valence-corrected chi connectivity index (χ4v) is 2.31. The van der Waals surface area contributed by atoms with Crippen molar-refractivity contribution in [3.8, 4) is 0 Å². The number of hydrogen-bond donors (Lipinski definition) is 2. The zero-order valence-electron chi connectivity index (χ0n) is 12.9.